The number of ether oxygens (including phenoxy) is 9. The fourth-order valence-corrected chi connectivity index (χ4v) is 10.7. The van der Waals surface area contributed by atoms with Crippen molar-refractivity contribution in [2.45, 2.75) is 76.8 Å². The summed E-state index contributed by atoms with van der Waals surface area (Å²) < 4.78 is 68.7. The molecule has 5 atom stereocenters. The monoisotopic (exact) mass is 1180 g/mol. The molecule has 1 aromatic heterocycles. The predicted molar refractivity (Wildman–Crippen MR) is 340 cm³/mol. The summed E-state index contributed by atoms with van der Waals surface area (Å²) in [5, 5.41) is -0.0405. The normalized spacial score (nSPS) is 16.3. The minimum absolute atomic E-state index is 0.0302. The molecule has 89 heavy (non-hydrogen) atoms. The number of carbonyl (C=O) groups is 1. The van der Waals surface area contributed by atoms with Crippen molar-refractivity contribution < 1.29 is 51.8 Å². The van der Waals surface area contributed by atoms with E-state index in [4.69, 9.17) is 47.0 Å². The van der Waals surface area contributed by atoms with E-state index in [1.807, 2.05) is 237 Å². The Labute approximate surface area is 517 Å². The van der Waals surface area contributed by atoms with Crippen molar-refractivity contribution in [1.82, 2.24) is 0 Å². The van der Waals surface area contributed by atoms with Crippen LogP contribution in [0, 0.1) is 0 Å². The van der Waals surface area contributed by atoms with Crippen LogP contribution in [0.4, 0.5) is 0 Å². The fourth-order valence-electron chi connectivity index (χ4n) is 10.7. The molecule has 1 fully saturated rings. The first-order chi connectivity index (χ1) is 43.9. The molecule has 10 aromatic carbocycles. The van der Waals surface area contributed by atoms with Gasteiger partial charge in [0.2, 0.25) is 0 Å². The van der Waals surface area contributed by atoms with Gasteiger partial charge in [0.15, 0.2) is 11.0 Å². The van der Waals surface area contributed by atoms with Crippen LogP contribution < -0.4 is 24.4 Å². The molecule has 0 aliphatic carbocycles. The zero-order chi connectivity index (χ0) is 60.4. The van der Waals surface area contributed by atoms with Crippen molar-refractivity contribution in [2.24, 2.45) is 0 Å². The van der Waals surface area contributed by atoms with Crippen LogP contribution in [0.3, 0.4) is 0 Å². The summed E-state index contributed by atoms with van der Waals surface area (Å²) in [6.45, 7) is 1.55. The van der Waals surface area contributed by atoms with Gasteiger partial charge in [0, 0.05) is 17.7 Å². The van der Waals surface area contributed by atoms with Crippen molar-refractivity contribution in [3.05, 3.63) is 333 Å². The second-order valence-electron chi connectivity index (χ2n) is 21.6. The summed E-state index contributed by atoms with van der Waals surface area (Å²) in [5.41, 5.74) is 7.16. The van der Waals surface area contributed by atoms with E-state index in [0.717, 1.165) is 38.9 Å². The lowest BCUT2D eigenvalue weighted by atomic mass is 9.88. The summed E-state index contributed by atoms with van der Waals surface area (Å²) in [5.74, 6) is 0.726. The second kappa shape index (κ2) is 29.7. The molecule has 0 radical (unpaired) electrons. The SMILES string of the molecule is O=C(Oc1cc(OCc2ccccc2)c([C@@H]2O[C@H](COCc3ccccc3)[C@@H](OCc3ccccc3)[C@H](OCc3ccccc3)[C@H]2OCc2ccccc2)c2oc(-c3ccc(OCc4ccccc4)cc3)cc(=O)c12)c1ccc(OCc2ccccc2)cc1. The molecule has 1 aliphatic heterocycles. The minimum atomic E-state index is -1.16. The summed E-state index contributed by atoms with van der Waals surface area (Å²) in [6.07, 6.45) is -4.72. The number of hydrogen-bond donors (Lipinski definition) is 0. The highest BCUT2D eigenvalue weighted by Gasteiger charge is 2.51. The number of esters is 1. The Morgan fingerprint density at radius 1 is 0.393 bits per heavy atom. The van der Waals surface area contributed by atoms with Crippen LogP contribution in [0.15, 0.2) is 282 Å². The Bertz CT molecular complexity index is 4040. The number of rotatable bonds is 26. The maximum atomic E-state index is 15.5. The lowest BCUT2D eigenvalue weighted by Gasteiger charge is -2.46. The highest BCUT2D eigenvalue weighted by atomic mass is 16.6. The van der Waals surface area contributed by atoms with Crippen molar-refractivity contribution >= 4 is 16.9 Å². The van der Waals surface area contributed by atoms with Gasteiger partial charge < -0.3 is 47.0 Å². The average Bonchev–Trinajstić information content (AvgIpc) is 0.992. The van der Waals surface area contributed by atoms with Crippen LogP contribution in [0.25, 0.3) is 22.3 Å². The zero-order valence-electron chi connectivity index (χ0n) is 48.9. The van der Waals surface area contributed by atoms with Gasteiger partial charge in [0.25, 0.3) is 0 Å². The molecule has 0 spiro atoms. The van der Waals surface area contributed by atoms with Crippen molar-refractivity contribution in [1.29, 1.82) is 0 Å². The van der Waals surface area contributed by atoms with Crippen LogP contribution >= 0.6 is 0 Å². The van der Waals surface area contributed by atoms with E-state index in [0.29, 0.717) is 35.8 Å². The fraction of sp³-hybridized carbons (Fsp3) is 0.169. The minimum Gasteiger partial charge on any atom is -0.489 e. The smallest absolute Gasteiger partial charge is 0.343 e. The molecule has 0 bridgehead atoms. The summed E-state index contributed by atoms with van der Waals surface area (Å²) in [6, 6.07) is 85.9. The zero-order valence-corrected chi connectivity index (χ0v) is 48.9. The highest BCUT2D eigenvalue weighted by Crippen LogP contribution is 2.48. The van der Waals surface area contributed by atoms with Gasteiger partial charge >= 0.3 is 5.97 Å². The molecule has 12 nitrogen and oxygen atoms in total. The van der Waals surface area contributed by atoms with E-state index in [-0.39, 0.29) is 73.4 Å². The van der Waals surface area contributed by atoms with Crippen LogP contribution in [-0.4, -0.2) is 37.0 Å². The van der Waals surface area contributed by atoms with Gasteiger partial charge in [-0.1, -0.05) is 212 Å². The van der Waals surface area contributed by atoms with Gasteiger partial charge in [-0.15, -0.1) is 0 Å². The van der Waals surface area contributed by atoms with Crippen molar-refractivity contribution in [3.8, 4) is 34.3 Å². The molecular formula is C77H66O12. The van der Waals surface area contributed by atoms with E-state index in [1.54, 1.807) is 30.3 Å². The molecule has 0 amide bonds. The Balaban J connectivity index is 1.02. The van der Waals surface area contributed by atoms with E-state index in [2.05, 4.69) is 0 Å². The first-order valence-corrected chi connectivity index (χ1v) is 29.8. The molecule has 1 saturated heterocycles. The molecule has 446 valence electrons. The van der Waals surface area contributed by atoms with Gasteiger partial charge in [-0.3, -0.25) is 4.79 Å². The maximum Gasteiger partial charge on any atom is 0.343 e. The van der Waals surface area contributed by atoms with Crippen LogP contribution in [0.5, 0.6) is 23.0 Å². The Kier molecular flexibility index (Phi) is 19.8. The first-order valence-electron chi connectivity index (χ1n) is 29.8. The standard InChI is InChI=1S/C77H66O12/c78-65-44-66(61-36-40-63(41-37-61)81-47-55-24-10-2-11-25-55)87-73-70(65)68(89-77(79)62-38-42-64(43-39-62)82-48-56-26-12-3-13-27-56)45-67(83-49-57-28-14-4-15-29-57)71(73)74-76(86-52-60-34-20-7-21-35-60)75(85-51-59-32-18-6-19-33-59)72(84-50-58-30-16-5-17-31-58)69(88-74)53-80-46-54-22-8-1-9-23-54/h1-45,69,72,74-76H,46-53H2/t69-,72-,74+,75+,76+/m1/s1. The molecule has 1 aliphatic rings. The third-order valence-corrected chi connectivity index (χ3v) is 15.3. The summed E-state index contributed by atoms with van der Waals surface area (Å²) in [7, 11) is 0. The molecule has 11 aromatic rings. The average molecular weight is 1180 g/mol. The quantitative estimate of drug-likeness (QED) is 0.0378. The van der Waals surface area contributed by atoms with Crippen molar-refractivity contribution in [2.75, 3.05) is 6.61 Å². The molecule has 0 saturated carbocycles. The van der Waals surface area contributed by atoms with Crippen LogP contribution in [-0.2, 0) is 69.9 Å². The maximum absolute atomic E-state index is 15.5. The largest absolute Gasteiger partial charge is 0.489 e. The molecular weight excluding hydrogens is 1120 g/mol. The van der Waals surface area contributed by atoms with Gasteiger partial charge in [0.05, 0.1) is 44.2 Å². The summed E-state index contributed by atoms with van der Waals surface area (Å²) in [4.78, 5) is 30.1. The molecule has 2 heterocycles. The Hall–Kier alpha value is -9.92. The lowest BCUT2D eigenvalue weighted by Crippen LogP contribution is -2.58. The van der Waals surface area contributed by atoms with Crippen LogP contribution in [0.1, 0.15) is 61.0 Å². The van der Waals surface area contributed by atoms with Crippen molar-refractivity contribution in [3.63, 3.8) is 0 Å². The van der Waals surface area contributed by atoms with E-state index < -0.39 is 41.9 Å². The van der Waals surface area contributed by atoms with Gasteiger partial charge in [-0.2, -0.15) is 0 Å². The van der Waals surface area contributed by atoms with Gasteiger partial charge in [0.1, 0.15) is 84.5 Å². The Morgan fingerprint density at radius 3 is 1.27 bits per heavy atom. The third kappa shape index (κ3) is 15.6. The second-order valence-corrected chi connectivity index (χ2v) is 21.6. The van der Waals surface area contributed by atoms with Crippen LogP contribution in [0.2, 0.25) is 0 Å². The molecule has 12 rings (SSSR count). The molecule has 12 heteroatoms. The number of benzene rings is 10. The number of hydrogen-bond acceptors (Lipinski definition) is 12. The van der Waals surface area contributed by atoms with Gasteiger partial charge in [-0.25, -0.2) is 4.79 Å². The van der Waals surface area contributed by atoms with Gasteiger partial charge in [-0.05, 0) is 87.5 Å². The highest BCUT2D eigenvalue weighted by molar-refractivity contribution is 5.96. The number of fused-ring (bicyclic) bond motifs is 1. The first kappa shape index (κ1) is 59.4. The van der Waals surface area contributed by atoms with E-state index >= 15 is 4.79 Å². The lowest BCUT2D eigenvalue weighted by molar-refractivity contribution is -0.275. The number of carbonyl (C=O) groups excluding carboxylic acids is 1. The third-order valence-electron chi connectivity index (χ3n) is 15.3. The predicted octanol–water partition coefficient (Wildman–Crippen LogP) is 15.8. The molecule has 0 unspecified atom stereocenters. The summed E-state index contributed by atoms with van der Waals surface area (Å²) >= 11 is 0. The Morgan fingerprint density at radius 2 is 0.798 bits per heavy atom. The van der Waals surface area contributed by atoms with E-state index in [1.165, 1.54) is 6.07 Å². The topological polar surface area (TPSA) is 130 Å². The van der Waals surface area contributed by atoms with E-state index in [9.17, 15) is 4.79 Å². The molecule has 0 N–H and O–H groups in total.